The van der Waals surface area contributed by atoms with Crippen molar-refractivity contribution in [2.24, 2.45) is 0 Å². The average molecular weight is 480 g/mol. The van der Waals surface area contributed by atoms with Gasteiger partial charge in [0.2, 0.25) is 5.91 Å². The van der Waals surface area contributed by atoms with Gasteiger partial charge in [0.15, 0.2) is 5.88 Å². The zero-order valence-electron chi connectivity index (χ0n) is 19.4. The molecule has 0 fully saturated rings. The molecule has 2 aromatic carbocycles. The lowest BCUT2D eigenvalue weighted by atomic mass is 10.1. The number of hydrogen-bond acceptors (Lipinski definition) is 7. The quantitative estimate of drug-likeness (QED) is 0.379. The fourth-order valence-corrected chi connectivity index (χ4v) is 3.74. The van der Waals surface area contributed by atoms with Crippen LogP contribution in [0.15, 0.2) is 54.7 Å². The van der Waals surface area contributed by atoms with E-state index in [4.69, 9.17) is 15.4 Å². The molecule has 0 bridgehead atoms. The predicted octanol–water partition coefficient (Wildman–Crippen LogP) is 3.49. The van der Waals surface area contributed by atoms with E-state index in [1.54, 1.807) is 48.5 Å². The van der Waals surface area contributed by atoms with Crippen molar-refractivity contribution in [3.8, 4) is 29.3 Å². The molecule has 5 rings (SSSR count). The van der Waals surface area contributed by atoms with Gasteiger partial charge in [-0.15, -0.1) is 0 Å². The van der Waals surface area contributed by atoms with Gasteiger partial charge in [0.05, 0.1) is 53.6 Å². The Balaban J connectivity index is 0.000000211. The second-order valence-electron chi connectivity index (χ2n) is 7.85. The zero-order valence-corrected chi connectivity index (χ0v) is 19.4. The molecule has 0 saturated carbocycles. The number of aromatic nitrogens is 2. The van der Waals surface area contributed by atoms with E-state index < -0.39 is 0 Å². The number of nitrogens with one attached hydrogen (secondary N) is 2. The highest BCUT2D eigenvalue weighted by Crippen LogP contribution is 2.36. The van der Waals surface area contributed by atoms with Crippen molar-refractivity contribution in [2.75, 3.05) is 19.5 Å². The van der Waals surface area contributed by atoms with Gasteiger partial charge >= 0.3 is 0 Å². The third kappa shape index (κ3) is 4.71. The SMILES string of the molecule is CON(C)C(=O)c1ccc(-c2c(O)[nH]c3ccc(C#N)cc23)nc1.N#Cc1ccc2c(c1)CC(=O)N2. The number of carbonyl (C=O) groups is 2. The lowest BCUT2D eigenvalue weighted by Crippen LogP contribution is -2.25. The molecule has 178 valence electrons. The topological polar surface area (TPSA) is 155 Å². The number of benzene rings is 2. The number of hydroxylamine groups is 2. The second-order valence-corrected chi connectivity index (χ2v) is 7.85. The Labute approximate surface area is 205 Å². The molecule has 2 amide bonds. The predicted molar refractivity (Wildman–Crippen MR) is 131 cm³/mol. The molecule has 0 spiro atoms. The number of aromatic amines is 1. The molecule has 0 saturated heterocycles. The number of H-pyrrole nitrogens is 1. The van der Waals surface area contributed by atoms with Gasteiger partial charge in [0, 0.05) is 29.8 Å². The van der Waals surface area contributed by atoms with Gasteiger partial charge in [-0.25, -0.2) is 5.06 Å². The van der Waals surface area contributed by atoms with Crippen molar-refractivity contribution in [3.05, 3.63) is 77.0 Å². The lowest BCUT2D eigenvalue weighted by molar-refractivity contribution is -0.115. The molecule has 4 aromatic rings. The number of rotatable bonds is 3. The fourth-order valence-electron chi connectivity index (χ4n) is 3.74. The minimum atomic E-state index is -0.327. The summed E-state index contributed by atoms with van der Waals surface area (Å²) in [6, 6.07) is 17.6. The van der Waals surface area contributed by atoms with E-state index >= 15 is 0 Å². The second kappa shape index (κ2) is 9.97. The minimum Gasteiger partial charge on any atom is -0.494 e. The van der Waals surface area contributed by atoms with Crippen LogP contribution in [0.3, 0.4) is 0 Å². The molecule has 0 atom stereocenters. The van der Waals surface area contributed by atoms with Crippen LogP contribution in [0.4, 0.5) is 5.69 Å². The van der Waals surface area contributed by atoms with Crippen LogP contribution < -0.4 is 5.32 Å². The van der Waals surface area contributed by atoms with Crippen LogP contribution in [0.1, 0.15) is 27.0 Å². The molecular weight excluding hydrogens is 460 g/mol. The first kappa shape index (κ1) is 24.0. The van der Waals surface area contributed by atoms with E-state index in [1.165, 1.54) is 20.4 Å². The van der Waals surface area contributed by atoms with Crippen LogP contribution in [-0.2, 0) is 16.1 Å². The number of fused-ring (bicyclic) bond motifs is 2. The highest BCUT2D eigenvalue weighted by atomic mass is 16.7. The molecule has 3 heterocycles. The van der Waals surface area contributed by atoms with Gasteiger partial charge in [-0.1, -0.05) is 0 Å². The Hall–Kier alpha value is -5.19. The van der Waals surface area contributed by atoms with Crippen LogP contribution in [0.5, 0.6) is 5.88 Å². The Morgan fingerprint density at radius 2 is 1.83 bits per heavy atom. The Morgan fingerprint density at radius 1 is 1.11 bits per heavy atom. The van der Waals surface area contributed by atoms with Crippen molar-refractivity contribution in [2.45, 2.75) is 6.42 Å². The maximum Gasteiger partial charge on any atom is 0.278 e. The first-order valence-electron chi connectivity index (χ1n) is 10.7. The summed E-state index contributed by atoms with van der Waals surface area (Å²) in [6.45, 7) is 0. The molecule has 0 radical (unpaired) electrons. The van der Waals surface area contributed by atoms with Crippen molar-refractivity contribution in [3.63, 3.8) is 0 Å². The monoisotopic (exact) mass is 480 g/mol. The molecule has 3 N–H and O–H groups in total. The number of aromatic hydroxyl groups is 1. The molecule has 10 nitrogen and oxygen atoms in total. The molecule has 0 unspecified atom stereocenters. The summed E-state index contributed by atoms with van der Waals surface area (Å²) in [7, 11) is 2.90. The average Bonchev–Trinajstić information content (AvgIpc) is 3.44. The van der Waals surface area contributed by atoms with Crippen LogP contribution in [0.25, 0.3) is 22.2 Å². The largest absolute Gasteiger partial charge is 0.494 e. The van der Waals surface area contributed by atoms with Gasteiger partial charge in [-0.05, 0) is 54.1 Å². The number of amides is 2. The van der Waals surface area contributed by atoms with Crippen molar-refractivity contribution >= 4 is 28.4 Å². The van der Waals surface area contributed by atoms with E-state index in [-0.39, 0.29) is 17.7 Å². The van der Waals surface area contributed by atoms with Crippen LogP contribution in [0, 0.1) is 22.7 Å². The van der Waals surface area contributed by atoms with Gasteiger partial charge in [-0.2, -0.15) is 10.5 Å². The smallest absolute Gasteiger partial charge is 0.278 e. The summed E-state index contributed by atoms with van der Waals surface area (Å²) in [5.74, 6) is -0.368. The van der Waals surface area contributed by atoms with E-state index in [1.807, 2.05) is 6.07 Å². The van der Waals surface area contributed by atoms with Crippen molar-refractivity contribution in [1.29, 1.82) is 10.5 Å². The highest BCUT2D eigenvalue weighted by Gasteiger charge is 2.18. The van der Waals surface area contributed by atoms with E-state index in [9.17, 15) is 14.7 Å². The van der Waals surface area contributed by atoms with Crippen LogP contribution in [-0.4, -0.2) is 46.1 Å². The van der Waals surface area contributed by atoms with Gasteiger partial charge in [0.25, 0.3) is 5.91 Å². The number of anilines is 1. The first-order valence-corrected chi connectivity index (χ1v) is 10.7. The molecule has 10 heteroatoms. The molecule has 36 heavy (non-hydrogen) atoms. The van der Waals surface area contributed by atoms with Crippen LogP contribution >= 0.6 is 0 Å². The Morgan fingerprint density at radius 3 is 2.50 bits per heavy atom. The zero-order chi connectivity index (χ0) is 25.8. The summed E-state index contributed by atoms with van der Waals surface area (Å²) < 4.78 is 0. The number of nitriles is 2. The Kier molecular flexibility index (Phi) is 6.63. The molecule has 0 aliphatic carbocycles. The number of hydrogen-bond donors (Lipinski definition) is 3. The summed E-state index contributed by atoms with van der Waals surface area (Å²) in [5, 5.41) is 32.3. The van der Waals surface area contributed by atoms with Gasteiger partial charge in [-0.3, -0.25) is 19.4 Å². The fraction of sp³-hybridized carbons (Fsp3) is 0.115. The maximum absolute atomic E-state index is 12.0. The standard InChI is InChI=1S/C17H14N4O3.C9H6N2O/c1-21(24-2)17(23)11-4-6-14(19-9-11)15-12-7-10(8-18)3-5-13(12)20-16(15)22;10-5-6-1-2-8-7(3-6)4-9(12)11-8/h3-7,9,20,22H,1-2H3;1-3H,4H2,(H,11,12). The lowest BCUT2D eigenvalue weighted by Gasteiger charge is -2.13. The molecular formula is C26H20N6O4. The number of carbonyl (C=O) groups excluding carboxylic acids is 2. The Bertz CT molecular complexity index is 1560. The van der Waals surface area contributed by atoms with E-state index in [0.717, 1.165) is 16.3 Å². The maximum atomic E-state index is 12.0. The minimum absolute atomic E-state index is 0.0000831. The van der Waals surface area contributed by atoms with Gasteiger partial charge < -0.3 is 15.4 Å². The van der Waals surface area contributed by atoms with E-state index in [0.29, 0.717) is 45.3 Å². The first-order chi connectivity index (χ1) is 17.3. The van der Waals surface area contributed by atoms with Crippen molar-refractivity contribution in [1.82, 2.24) is 15.0 Å². The highest BCUT2D eigenvalue weighted by molar-refractivity contribution is 6.00. The summed E-state index contributed by atoms with van der Waals surface area (Å²) in [5.41, 5.74) is 4.87. The summed E-state index contributed by atoms with van der Waals surface area (Å²) in [4.78, 5) is 34.9. The van der Waals surface area contributed by atoms with Gasteiger partial charge in [0.1, 0.15) is 0 Å². The van der Waals surface area contributed by atoms with Crippen LogP contribution in [0.2, 0.25) is 0 Å². The van der Waals surface area contributed by atoms with E-state index in [2.05, 4.69) is 21.4 Å². The summed E-state index contributed by atoms with van der Waals surface area (Å²) >= 11 is 0. The third-order valence-corrected chi connectivity index (χ3v) is 5.59. The molecule has 2 aromatic heterocycles. The summed E-state index contributed by atoms with van der Waals surface area (Å²) in [6.07, 6.45) is 1.81. The molecule has 1 aliphatic rings. The third-order valence-electron chi connectivity index (χ3n) is 5.59. The number of pyridine rings is 1. The van der Waals surface area contributed by atoms with Crippen molar-refractivity contribution < 1.29 is 19.5 Å². The normalized spacial score (nSPS) is 11.5. The number of nitrogens with zero attached hydrogens (tertiary/aromatic N) is 4. The molecule has 1 aliphatic heterocycles.